The Balaban J connectivity index is 1.60. The number of nitrogens with zero attached hydrogens (tertiary/aromatic N) is 2. The molecule has 0 atom stereocenters. The predicted molar refractivity (Wildman–Crippen MR) is 106 cm³/mol. The quantitative estimate of drug-likeness (QED) is 0.643. The standard InChI is InChI=1S/C21H24N4O/c1-16-14-20(23-15-18-10-6-7-11-19(18)26-2)25-21(24-16)22-13-12-17-8-4-3-5-9-17/h3-11,14H,12-13,15H2,1-2H3,(H2,22,23,24,25). The monoisotopic (exact) mass is 348 g/mol. The number of anilines is 2. The zero-order valence-corrected chi connectivity index (χ0v) is 15.2. The summed E-state index contributed by atoms with van der Waals surface area (Å²) < 4.78 is 5.39. The first-order chi connectivity index (χ1) is 12.7. The number of hydrogen-bond donors (Lipinski definition) is 2. The maximum absolute atomic E-state index is 5.39. The number of aryl methyl sites for hydroxylation is 1. The van der Waals surface area contributed by atoms with E-state index in [1.165, 1.54) is 5.56 Å². The molecule has 0 bridgehead atoms. The summed E-state index contributed by atoms with van der Waals surface area (Å²) in [5.41, 5.74) is 3.30. The topological polar surface area (TPSA) is 59.1 Å². The van der Waals surface area contributed by atoms with Gasteiger partial charge in [0.2, 0.25) is 5.95 Å². The summed E-state index contributed by atoms with van der Waals surface area (Å²) in [5.74, 6) is 2.31. The SMILES string of the molecule is COc1ccccc1CNc1cc(C)nc(NCCc2ccccc2)n1. The molecule has 2 aromatic carbocycles. The van der Waals surface area contributed by atoms with Gasteiger partial charge in [0, 0.05) is 30.4 Å². The molecule has 0 saturated carbocycles. The van der Waals surface area contributed by atoms with E-state index in [0.29, 0.717) is 12.5 Å². The van der Waals surface area contributed by atoms with Crippen molar-refractivity contribution in [2.45, 2.75) is 19.9 Å². The van der Waals surface area contributed by atoms with Gasteiger partial charge in [-0.15, -0.1) is 0 Å². The van der Waals surface area contributed by atoms with Gasteiger partial charge in [-0.25, -0.2) is 4.98 Å². The van der Waals surface area contributed by atoms with Crippen LogP contribution < -0.4 is 15.4 Å². The smallest absolute Gasteiger partial charge is 0.224 e. The normalized spacial score (nSPS) is 10.4. The average Bonchev–Trinajstić information content (AvgIpc) is 2.67. The van der Waals surface area contributed by atoms with Crippen molar-refractivity contribution in [1.29, 1.82) is 0 Å². The van der Waals surface area contributed by atoms with Gasteiger partial charge in [-0.05, 0) is 25.0 Å². The van der Waals surface area contributed by atoms with Gasteiger partial charge in [0.25, 0.3) is 0 Å². The molecule has 0 unspecified atom stereocenters. The Morgan fingerprint density at radius 1 is 0.923 bits per heavy atom. The number of methoxy groups -OCH3 is 1. The van der Waals surface area contributed by atoms with Crippen molar-refractivity contribution in [3.8, 4) is 5.75 Å². The van der Waals surface area contributed by atoms with Crippen LogP contribution in [0.25, 0.3) is 0 Å². The van der Waals surface area contributed by atoms with Gasteiger partial charge in [0.15, 0.2) is 0 Å². The first-order valence-electron chi connectivity index (χ1n) is 8.74. The first kappa shape index (κ1) is 17.7. The first-order valence-corrected chi connectivity index (χ1v) is 8.74. The fourth-order valence-corrected chi connectivity index (χ4v) is 2.74. The molecule has 0 aliphatic rings. The van der Waals surface area contributed by atoms with E-state index in [4.69, 9.17) is 4.74 Å². The summed E-state index contributed by atoms with van der Waals surface area (Å²) in [6.07, 6.45) is 0.933. The molecule has 0 aliphatic carbocycles. The highest BCUT2D eigenvalue weighted by molar-refractivity contribution is 5.44. The molecule has 1 heterocycles. The zero-order chi connectivity index (χ0) is 18.2. The second-order valence-corrected chi connectivity index (χ2v) is 6.05. The number of nitrogens with one attached hydrogen (secondary N) is 2. The van der Waals surface area contributed by atoms with E-state index in [9.17, 15) is 0 Å². The van der Waals surface area contributed by atoms with Gasteiger partial charge in [-0.3, -0.25) is 0 Å². The molecule has 0 saturated heterocycles. The van der Waals surface area contributed by atoms with Gasteiger partial charge in [-0.1, -0.05) is 48.5 Å². The lowest BCUT2D eigenvalue weighted by molar-refractivity contribution is 0.410. The van der Waals surface area contributed by atoms with E-state index in [2.05, 4.69) is 44.9 Å². The average molecular weight is 348 g/mol. The highest BCUT2D eigenvalue weighted by Crippen LogP contribution is 2.19. The van der Waals surface area contributed by atoms with Crippen LogP contribution >= 0.6 is 0 Å². The lowest BCUT2D eigenvalue weighted by Crippen LogP contribution is -2.10. The van der Waals surface area contributed by atoms with Crippen molar-refractivity contribution in [3.63, 3.8) is 0 Å². The maximum atomic E-state index is 5.39. The van der Waals surface area contributed by atoms with Crippen LogP contribution in [0.1, 0.15) is 16.8 Å². The molecule has 0 spiro atoms. The summed E-state index contributed by atoms with van der Waals surface area (Å²) >= 11 is 0. The molecular weight excluding hydrogens is 324 g/mol. The molecule has 1 aromatic heterocycles. The Morgan fingerprint density at radius 3 is 2.50 bits per heavy atom. The lowest BCUT2D eigenvalue weighted by Gasteiger charge is -2.12. The molecule has 5 heteroatoms. The number of benzene rings is 2. The van der Waals surface area contributed by atoms with Crippen molar-refractivity contribution in [3.05, 3.63) is 77.5 Å². The summed E-state index contributed by atoms with van der Waals surface area (Å²) in [6.45, 7) is 3.40. The minimum Gasteiger partial charge on any atom is -0.496 e. The van der Waals surface area contributed by atoms with Crippen molar-refractivity contribution in [1.82, 2.24) is 9.97 Å². The Kier molecular flexibility index (Phi) is 6.04. The van der Waals surface area contributed by atoms with Gasteiger partial charge in [0.05, 0.1) is 7.11 Å². The number of para-hydroxylation sites is 1. The van der Waals surface area contributed by atoms with Crippen LogP contribution in [0, 0.1) is 6.92 Å². The lowest BCUT2D eigenvalue weighted by atomic mass is 10.1. The molecule has 2 N–H and O–H groups in total. The second-order valence-electron chi connectivity index (χ2n) is 6.05. The third-order valence-electron chi connectivity index (χ3n) is 4.05. The molecule has 3 aromatic rings. The van der Waals surface area contributed by atoms with Crippen molar-refractivity contribution < 1.29 is 4.74 Å². The fourth-order valence-electron chi connectivity index (χ4n) is 2.74. The van der Waals surface area contributed by atoms with Crippen LogP contribution in [0.5, 0.6) is 5.75 Å². The van der Waals surface area contributed by atoms with Crippen LogP contribution in [0.2, 0.25) is 0 Å². The molecule has 3 rings (SSSR count). The molecule has 0 radical (unpaired) electrons. The minimum absolute atomic E-state index is 0.642. The van der Waals surface area contributed by atoms with E-state index in [1.54, 1.807) is 7.11 Å². The maximum Gasteiger partial charge on any atom is 0.224 e. The van der Waals surface area contributed by atoms with Gasteiger partial charge in [-0.2, -0.15) is 4.98 Å². The molecule has 0 fully saturated rings. The molecule has 134 valence electrons. The number of rotatable bonds is 8. The predicted octanol–water partition coefficient (Wildman–Crippen LogP) is 4.06. The van der Waals surface area contributed by atoms with Gasteiger partial charge >= 0.3 is 0 Å². The summed E-state index contributed by atoms with van der Waals surface area (Å²) in [5, 5.41) is 6.66. The highest BCUT2D eigenvalue weighted by atomic mass is 16.5. The molecule has 26 heavy (non-hydrogen) atoms. The second kappa shape index (κ2) is 8.85. The van der Waals surface area contributed by atoms with Crippen molar-refractivity contribution in [2.75, 3.05) is 24.3 Å². The van der Waals surface area contributed by atoms with E-state index in [1.807, 2.05) is 43.3 Å². The zero-order valence-electron chi connectivity index (χ0n) is 15.2. The third kappa shape index (κ3) is 4.96. The summed E-state index contributed by atoms with van der Waals surface area (Å²) in [7, 11) is 1.68. The van der Waals surface area contributed by atoms with Crippen LogP contribution in [0.4, 0.5) is 11.8 Å². The van der Waals surface area contributed by atoms with Gasteiger partial charge < -0.3 is 15.4 Å². The largest absolute Gasteiger partial charge is 0.496 e. The highest BCUT2D eigenvalue weighted by Gasteiger charge is 2.05. The van der Waals surface area contributed by atoms with Crippen LogP contribution in [0.3, 0.4) is 0 Å². The molecule has 0 amide bonds. The van der Waals surface area contributed by atoms with Crippen molar-refractivity contribution >= 4 is 11.8 Å². The van der Waals surface area contributed by atoms with E-state index in [0.717, 1.165) is 35.8 Å². The van der Waals surface area contributed by atoms with Crippen LogP contribution in [-0.4, -0.2) is 23.6 Å². The summed E-state index contributed by atoms with van der Waals surface area (Å²) in [6, 6.07) is 20.3. The fraction of sp³-hybridized carbons (Fsp3) is 0.238. The van der Waals surface area contributed by atoms with E-state index in [-0.39, 0.29) is 0 Å². The summed E-state index contributed by atoms with van der Waals surface area (Å²) in [4.78, 5) is 9.03. The number of hydrogen-bond acceptors (Lipinski definition) is 5. The molecular formula is C21H24N4O. The van der Waals surface area contributed by atoms with Crippen LogP contribution in [-0.2, 0) is 13.0 Å². The third-order valence-corrected chi connectivity index (χ3v) is 4.05. The number of aromatic nitrogens is 2. The molecule has 0 aliphatic heterocycles. The number of ether oxygens (including phenoxy) is 1. The van der Waals surface area contributed by atoms with E-state index < -0.39 is 0 Å². The van der Waals surface area contributed by atoms with Crippen LogP contribution in [0.15, 0.2) is 60.7 Å². The Labute approximate surface area is 154 Å². The van der Waals surface area contributed by atoms with Crippen molar-refractivity contribution in [2.24, 2.45) is 0 Å². The Morgan fingerprint density at radius 2 is 1.69 bits per heavy atom. The Hall–Kier alpha value is -3.08. The Bertz CT molecular complexity index is 836. The van der Waals surface area contributed by atoms with E-state index >= 15 is 0 Å². The minimum atomic E-state index is 0.642. The van der Waals surface area contributed by atoms with Gasteiger partial charge in [0.1, 0.15) is 11.6 Å². The molecule has 5 nitrogen and oxygen atoms in total.